The molecule has 0 aliphatic carbocycles. The number of rotatable bonds is 6. The molecule has 6 rings (SSSR count). The van der Waals surface area contributed by atoms with Crippen LogP contribution in [0.5, 0.6) is 0 Å². The van der Waals surface area contributed by atoms with E-state index in [2.05, 4.69) is 77.5 Å². The van der Waals surface area contributed by atoms with Crippen molar-refractivity contribution in [3.8, 4) is 0 Å². The van der Waals surface area contributed by atoms with Crippen molar-refractivity contribution in [2.24, 2.45) is 0 Å². The van der Waals surface area contributed by atoms with Crippen molar-refractivity contribution < 1.29 is 4.79 Å². The molecule has 0 unspecified atom stereocenters. The summed E-state index contributed by atoms with van der Waals surface area (Å²) in [6.45, 7) is 10.3. The Hall–Kier alpha value is -3.98. The average Bonchev–Trinajstić information content (AvgIpc) is 3.47. The van der Waals surface area contributed by atoms with Gasteiger partial charge in [-0.2, -0.15) is 4.98 Å². The van der Waals surface area contributed by atoms with Crippen molar-refractivity contribution in [2.75, 3.05) is 43.4 Å². The maximum atomic E-state index is 13.1. The molecule has 0 spiro atoms. The number of hydrogen-bond acceptors (Lipinski definition) is 7. The van der Waals surface area contributed by atoms with Crippen molar-refractivity contribution in [3.05, 3.63) is 77.6 Å². The molecule has 2 aliphatic heterocycles. The standard InChI is InChI=1S/C33H42N8O/c1-33(2,3)26-11-7-25(8-12-26)31(42)36-28-6-5-18-40(22-28)32-37-29(30-34-17-21-41(30)38-32)35-27-13-9-23(10-14-27)24-15-19-39(4)20-16-24/h7-14,17,21,24,28H,5-6,15-16,18-20,22H2,1-4H3,(H,36,42)(H,35,37,38)/t28-/m1/s1. The Labute approximate surface area is 248 Å². The van der Waals surface area contributed by atoms with Crippen molar-refractivity contribution in [3.63, 3.8) is 0 Å². The van der Waals surface area contributed by atoms with Crippen molar-refractivity contribution in [2.45, 2.75) is 63.8 Å². The number of hydrogen-bond donors (Lipinski definition) is 2. The number of nitrogens with one attached hydrogen (secondary N) is 2. The van der Waals surface area contributed by atoms with E-state index >= 15 is 0 Å². The highest BCUT2D eigenvalue weighted by Gasteiger charge is 2.25. The van der Waals surface area contributed by atoms with Gasteiger partial charge in [0.25, 0.3) is 5.91 Å². The van der Waals surface area contributed by atoms with E-state index in [1.807, 2.05) is 30.5 Å². The summed E-state index contributed by atoms with van der Waals surface area (Å²) in [5, 5.41) is 11.5. The molecular weight excluding hydrogens is 524 g/mol. The van der Waals surface area contributed by atoms with Crippen LogP contribution >= 0.6 is 0 Å². The highest BCUT2D eigenvalue weighted by Crippen LogP contribution is 2.30. The highest BCUT2D eigenvalue weighted by atomic mass is 16.1. The third kappa shape index (κ3) is 6.26. The van der Waals surface area contributed by atoms with E-state index in [1.165, 1.54) is 24.0 Å². The Balaban J connectivity index is 1.14. The number of piperidine rings is 2. The monoisotopic (exact) mass is 566 g/mol. The molecule has 42 heavy (non-hydrogen) atoms. The van der Waals surface area contributed by atoms with Gasteiger partial charge >= 0.3 is 0 Å². The smallest absolute Gasteiger partial charge is 0.251 e. The summed E-state index contributed by atoms with van der Waals surface area (Å²) in [4.78, 5) is 27.1. The summed E-state index contributed by atoms with van der Waals surface area (Å²) < 4.78 is 1.77. The minimum atomic E-state index is -0.0423. The lowest BCUT2D eigenvalue weighted by Crippen LogP contribution is -2.48. The van der Waals surface area contributed by atoms with Crippen LogP contribution in [0.15, 0.2) is 60.9 Å². The molecule has 2 saturated heterocycles. The van der Waals surface area contributed by atoms with Gasteiger partial charge in [0.1, 0.15) is 0 Å². The van der Waals surface area contributed by atoms with E-state index in [0.29, 0.717) is 35.4 Å². The van der Waals surface area contributed by atoms with Crippen molar-refractivity contribution >= 4 is 29.0 Å². The number of amides is 1. The van der Waals surface area contributed by atoms with E-state index in [0.717, 1.165) is 38.2 Å². The summed E-state index contributed by atoms with van der Waals surface area (Å²) in [7, 11) is 2.20. The van der Waals surface area contributed by atoms with Gasteiger partial charge in [-0.1, -0.05) is 45.0 Å². The quantitative estimate of drug-likeness (QED) is 0.324. The maximum Gasteiger partial charge on any atom is 0.251 e. The number of likely N-dealkylation sites (tertiary alicyclic amines) is 1. The molecule has 2 N–H and O–H groups in total. The third-order valence-corrected chi connectivity index (χ3v) is 8.66. The third-order valence-electron chi connectivity index (χ3n) is 8.66. The van der Waals surface area contributed by atoms with Gasteiger partial charge in [0.2, 0.25) is 5.95 Å². The number of carbonyl (C=O) groups is 1. The van der Waals surface area contributed by atoms with Gasteiger partial charge in [-0.25, -0.2) is 9.50 Å². The normalized spacial score (nSPS) is 18.8. The molecule has 0 radical (unpaired) electrons. The molecule has 1 atom stereocenters. The summed E-state index contributed by atoms with van der Waals surface area (Å²) in [5.74, 6) is 1.87. The van der Waals surface area contributed by atoms with Crippen molar-refractivity contribution in [1.29, 1.82) is 0 Å². The van der Waals surface area contributed by atoms with E-state index in [4.69, 9.17) is 10.1 Å². The van der Waals surface area contributed by atoms with Crippen LogP contribution < -0.4 is 15.5 Å². The summed E-state index contributed by atoms with van der Waals surface area (Å²) in [6.07, 6.45) is 7.86. The van der Waals surface area contributed by atoms with Gasteiger partial charge in [-0.05, 0) is 92.5 Å². The Morgan fingerprint density at radius 2 is 1.69 bits per heavy atom. The van der Waals surface area contributed by atoms with Crippen LogP contribution in [0.25, 0.3) is 5.65 Å². The van der Waals surface area contributed by atoms with Crippen LogP contribution in [0, 0.1) is 0 Å². The molecule has 2 aromatic heterocycles. The zero-order chi connectivity index (χ0) is 29.3. The number of carbonyl (C=O) groups excluding carboxylic acids is 1. The minimum absolute atomic E-state index is 0.0131. The van der Waals surface area contributed by atoms with E-state index in [1.54, 1.807) is 10.7 Å². The second kappa shape index (κ2) is 11.7. The second-order valence-corrected chi connectivity index (χ2v) is 12.9. The molecule has 2 aromatic carbocycles. The molecule has 0 saturated carbocycles. The average molecular weight is 567 g/mol. The summed E-state index contributed by atoms with van der Waals surface area (Å²) in [6, 6.07) is 16.7. The number of imidazole rings is 1. The molecule has 0 bridgehead atoms. The molecule has 9 nitrogen and oxygen atoms in total. The Bertz CT molecular complexity index is 1510. The van der Waals surface area contributed by atoms with Gasteiger partial charge in [0, 0.05) is 42.8 Å². The largest absolute Gasteiger partial charge is 0.348 e. The van der Waals surface area contributed by atoms with E-state index in [9.17, 15) is 4.79 Å². The fourth-order valence-electron chi connectivity index (χ4n) is 6.02. The van der Waals surface area contributed by atoms with E-state index < -0.39 is 0 Å². The molecule has 4 aromatic rings. The van der Waals surface area contributed by atoms with Gasteiger partial charge in [-0.3, -0.25) is 4.79 Å². The van der Waals surface area contributed by atoms with Crippen LogP contribution in [-0.4, -0.2) is 69.7 Å². The predicted molar refractivity (Wildman–Crippen MR) is 168 cm³/mol. The molecule has 9 heteroatoms. The lowest BCUT2D eigenvalue weighted by Gasteiger charge is -2.33. The van der Waals surface area contributed by atoms with Crippen LogP contribution in [0.2, 0.25) is 0 Å². The van der Waals surface area contributed by atoms with Gasteiger partial charge in [-0.15, -0.1) is 5.10 Å². The van der Waals surface area contributed by atoms with Crippen LogP contribution in [0.4, 0.5) is 17.5 Å². The fraction of sp³-hybridized carbons (Fsp3) is 0.455. The Morgan fingerprint density at radius 1 is 0.952 bits per heavy atom. The topological polar surface area (TPSA) is 90.7 Å². The first kappa shape index (κ1) is 28.2. The van der Waals surface area contributed by atoms with Crippen LogP contribution in [0.1, 0.15) is 73.9 Å². The number of benzene rings is 2. The fourth-order valence-corrected chi connectivity index (χ4v) is 6.02. The zero-order valence-electron chi connectivity index (χ0n) is 25.2. The van der Waals surface area contributed by atoms with Crippen LogP contribution in [-0.2, 0) is 5.41 Å². The SMILES string of the molecule is CN1CCC(c2ccc(Nc3nc(N4CCC[C@@H](NC(=O)c5ccc(C(C)(C)C)cc5)C4)nn4ccnc34)cc2)CC1. The lowest BCUT2D eigenvalue weighted by atomic mass is 9.86. The van der Waals surface area contributed by atoms with Gasteiger partial charge in [0.15, 0.2) is 11.5 Å². The molecule has 1 amide bonds. The number of anilines is 3. The summed E-state index contributed by atoms with van der Waals surface area (Å²) in [5.41, 5.74) is 5.01. The summed E-state index contributed by atoms with van der Waals surface area (Å²) >= 11 is 0. The zero-order valence-corrected chi connectivity index (χ0v) is 25.2. The molecule has 2 fully saturated rings. The first-order chi connectivity index (χ1) is 20.2. The Kier molecular flexibility index (Phi) is 7.86. The predicted octanol–water partition coefficient (Wildman–Crippen LogP) is 5.37. The highest BCUT2D eigenvalue weighted by molar-refractivity contribution is 5.94. The minimum Gasteiger partial charge on any atom is -0.348 e. The molecule has 4 heterocycles. The second-order valence-electron chi connectivity index (χ2n) is 12.9. The number of fused-ring (bicyclic) bond motifs is 1. The van der Waals surface area contributed by atoms with E-state index in [-0.39, 0.29) is 17.4 Å². The molecule has 220 valence electrons. The van der Waals surface area contributed by atoms with Crippen molar-refractivity contribution in [1.82, 2.24) is 29.8 Å². The van der Waals surface area contributed by atoms with Crippen LogP contribution in [0.3, 0.4) is 0 Å². The molecule has 2 aliphatic rings. The first-order valence-electron chi connectivity index (χ1n) is 15.2. The lowest BCUT2D eigenvalue weighted by molar-refractivity contribution is 0.0933. The Morgan fingerprint density at radius 3 is 2.40 bits per heavy atom. The molecular formula is C33H42N8O. The number of nitrogens with zero attached hydrogens (tertiary/aromatic N) is 6. The number of aromatic nitrogens is 4. The first-order valence-corrected chi connectivity index (χ1v) is 15.2. The van der Waals surface area contributed by atoms with Gasteiger partial charge in [0.05, 0.1) is 0 Å². The maximum absolute atomic E-state index is 13.1. The van der Waals surface area contributed by atoms with Gasteiger partial charge < -0.3 is 20.4 Å².